The largest absolute Gasteiger partial charge is 0.490 e. The Morgan fingerprint density at radius 1 is 1.03 bits per heavy atom. The first-order valence-electron chi connectivity index (χ1n) is 10.1. The first-order chi connectivity index (χ1) is 14.7. The van der Waals surface area contributed by atoms with Crippen LogP contribution in [0.25, 0.3) is 0 Å². The van der Waals surface area contributed by atoms with E-state index in [1.54, 1.807) is 18.2 Å². The van der Waals surface area contributed by atoms with E-state index in [1.807, 2.05) is 5.32 Å². The van der Waals surface area contributed by atoms with Crippen LogP contribution in [0.2, 0.25) is 0 Å². The number of hydrogen-bond acceptors (Lipinski definition) is 3. The zero-order valence-electron chi connectivity index (χ0n) is 16.6. The molecule has 4 bridgehead atoms. The topological polar surface area (TPSA) is 55.4 Å². The monoisotopic (exact) mass is 483 g/mol. The minimum Gasteiger partial charge on any atom is -0.452 e. The van der Waals surface area contributed by atoms with Gasteiger partial charge < -0.3 is 10.1 Å². The van der Waals surface area contributed by atoms with E-state index in [0.717, 1.165) is 0 Å². The van der Waals surface area contributed by atoms with Crippen LogP contribution in [0.4, 0.5) is 26.3 Å². The van der Waals surface area contributed by atoms with Crippen LogP contribution in [-0.2, 0) is 14.3 Å². The highest BCUT2D eigenvalue weighted by Crippen LogP contribution is 2.66. The summed E-state index contributed by atoms with van der Waals surface area (Å²) in [5.41, 5.74) is -1.45. The lowest BCUT2D eigenvalue weighted by molar-refractivity contribution is -0.245. The van der Waals surface area contributed by atoms with Crippen molar-refractivity contribution in [2.45, 2.75) is 61.0 Å². The third-order valence-corrected chi connectivity index (χ3v) is 7.32. The molecule has 1 unspecified atom stereocenters. The summed E-state index contributed by atoms with van der Waals surface area (Å²) < 4.78 is 83.8. The highest BCUT2D eigenvalue weighted by atomic mass is 35.5. The summed E-state index contributed by atoms with van der Waals surface area (Å²) in [4.78, 5) is 22.9. The second-order valence-electron chi connectivity index (χ2n) is 9.14. The van der Waals surface area contributed by atoms with E-state index < -0.39 is 52.6 Å². The van der Waals surface area contributed by atoms with Gasteiger partial charge in [0.05, 0.1) is 6.04 Å². The number of rotatable bonds is 4. The molecule has 11 heteroatoms. The minimum atomic E-state index is -5.27. The van der Waals surface area contributed by atoms with Crippen molar-refractivity contribution < 1.29 is 40.7 Å². The lowest BCUT2D eigenvalue weighted by Crippen LogP contribution is -2.67. The van der Waals surface area contributed by atoms with E-state index in [0.29, 0.717) is 19.3 Å². The van der Waals surface area contributed by atoms with Crippen LogP contribution in [0.5, 0.6) is 0 Å². The molecule has 0 spiro atoms. The molecule has 4 fully saturated rings. The van der Waals surface area contributed by atoms with Crippen molar-refractivity contribution in [3.05, 3.63) is 35.9 Å². The van der Waals surface area contributed by atoms with Crippen molar-refractivity contribution in [2.75, 3.05) is 0 Å². The predicted molar refractivity (Wildman–Crippen MR) is 100 cm³/mol. The fraction of sp³-hybridized carbons (Fsp3) is 0.619. The summed E-state index contributed by atoms with van der Waals surface area (Å²) in [6, 6.07) is 6.39. The second kappa shape index (κ2) is 7.53. The van der Waals surface area contributed by atoms with Crippen LogP contribution in [0.15, 0.2) is 30.3 Å². The summed E-state index contributed by atoms with van der Waals surface area (Å²) in [6.07, 6.45) is -9.12. The summed E-state index contributed by atoms with van der Waals surface area (Å²) in [6.45, 7) is 0. The molecule has 4 aliphatic carbocycles. The number of benzene rings is 1. The Kier molecular flexibility index (Phi) is 5.46. The maximum Gasteiger partial charge on any atom is 0.490 e. The van der Waals surface area contributed by atoms with Gasteiger partial charge in [-0.3, -0.25) is 4.79 Å². The van der Waals surface area contributed by atoms with E-state index in [2.05, 4.69) is 0 Å². The Morgan fingerprint density at radius 2 is 1.69 bits per heavy atom. The number of alkyl halides is 7. The lowest BCUT2D eigenvalue weighted by atomic mass is 9.47. The quantitative estimate of drug-likeness (QED) is 0.370. The molecule has 1 aromatic carbocycles. The van der Waals surface area contributed by atoms with Crippen LogP contribution < -0.4 is 5.32 Å². The molecule has 1 N–H and O–H groups in total. The van der Waals surface area contributed by atoms with E-state index in [-0.39, 0.29) is 24.3 Å². The normalized spacial score (nSPS) is 34.8. The number of ether oxygens (including phenoxy) is 1. The molecule has 4 aliphatic rings. The van der Waals surface area contributed by atoms with Crippen molar-refractivity contribution in [3.8, 4) is 0 Å². The van der Waals surface area contributed by atoms with E-state index in [9.17, 15) is 35.9 Å². The van der Waals surface area contributed by atoms with Gasteiger partial charge in [0.15, 0.2) is 0 Å². The molecule has 0 heterocycles. The Bertz CT molecular complexity index is 907. The average Bonchev–Trinajstić information content (AvgIpc) is 2.64. The summed E-state index contributed by atoms with van der Waals surface area (Å²) in [5, 5.41) is 1.97. The van der Waals surface area contributed by atoms with Crippen molar-refractivity contribution in [3.63, 3.8) is 0 Å². The first-order valence-corrected chi connectivity index (χ1v) is 10.5. The van der Waals surface area contributed by atoms with Gasteiger partial charge in [-0.25, -0.2) is 4.79 Å². The number of nitrogens with one attached hydrogen (secondary N) is 1. The average molecular weight is 484 g/mol. The Labute approximate surface area is 184 Å². The number of carbonyl (C=O) groups excluding carboxylic acids is 2. The molecule has 4 saturated carbocycles. The summed E-state index contributed by atoms with van der Waals surface area (Å²) in [7, 11) is 0. The van der Waals surface area contributed by atoms with Crippen LogP contribution >= 0.6 is 11.6 Å². The summed E-state index contributed by atoms with van der Waals surface area (Å²) in [5.74, 6) is -6.15. The molecule has 4 nitrogen and oxygen atoms in total. The SMILES string of the molecule is O=C(NC(c1ccccc1)[C@@H]1[C@@H]2C[C@H]3C[C@@](Cl)(C2)C[C@]1(OC(=O)C(F)(F)F)C3)C(F)(F)F. The van der Waals surface area contributed by atoms with Gasteiger partial charge in [-0.2, -0.15) is 26.3 Å². The van der Waals surface area contributed by atoms with E-state index in [1.165, 1.54) is 12.1 Å². The molecule has 0 radical (unpaired) electrons. The number of hydrogen-bond donors (Lipinski definition) is 1. The fourth-order valence-corrected chi connectivity index (χ4v) is 6.89. The van der Waals surface area contributed by atoms with Gasteiger partial charge in [0.1, 0.15) is 5.60 Å². The van der Waals surface area contributed by atoms with Crippen LogP contribution in [0, 0.1) is 17.8 Å². The Hall–Kier alpha value is -1.97. The number of carbonyl (C=O) groups is 2. The van der Waals surface area contributed by atoms with Crippen molar-refractivity contribution >= 4 is 23.5 Å². The van der Waals surface area contributed by atoms with Crippen molar-refractivity contribution in [1.29, 1.82) is 0 Å². The molecular formula is C21H20ClF6NO3. The maximum atomic E-state index is 13.1. The highest BCUT2D eigenvalue weighted by Gasteiger charge is 2.67. The molecule has 176 valence electrons. The fourth-order valence-electron chi connectivity index (χ4n) is 6.25. The van der Waals surface area contributed by atoms with E-state index >= 15 is 0 Å². The van der Waals surface area contributed by atoms with Gasteiger partial charge in [-0.1, -0.05) is 30.3 Å². The lowest BCUT2D eigenvalue weighted by Gasteiger charge is -2.64. The number of amides is 1. The Balaban J connectivity index is 1.79. The smallest absolute Gasteiger partial charge is 0.452 e. The van der Waals surface area contributed by atoms with Crippen LogP contribution in [0.3, 0.4) is 0 Å². The molecule has 5 rings (SSSR count). The second-order valence-corrected chi connectivity index (χ2v) is 9.94. The summed E-state index contributed by atoms with van der Waals surface area (Å²) >= 11 is 6.67. The Morgan fingerprint density at radius 3 is 2.25 bits per heavy atom. The molecule has 0 aliphatic heterocycles. The van der Waals surface area contributed by atoms with Crippen LogP contribution in [0.1, 0.15) is 43.7 Å². The zero-order chi connectivity index (χ0) is 23.5. The van der Waals surface area contributed by atoms with Crippen molar-refractivity contribution in [1.82, 2.24) is 5.32 Å². The molecule has 0 saturated heterocycles. The molecule has 6 atom stereocenters. The van der Waals surface area contributed by atoms with Crippen molar-refractivity contribution in [2.24, 2.45) is 17.8 Å². The third-order valence-electron chi connectivity index (χ3n) is 6.87. The maximum absolute atomic E-state index is 13.1. The third kappa shape index (κ3) is 4.18. The predicted octanol–water partition coefficient (Wildman–Crippen LogP) is 5.07. The van der Waals surface area contributed by atoms with Gasteiger partial charge in [0, 0.05) is 17.2 Å². The van der Waals surface area contributed by atoms with Gasteiger partial charge in [-0.15, -0.1) is 11.6 Å². The minimum absolute atomic E-state index is 0.0513. The first kappa shape index (κ1) is 23.2. The van der Waals surface area contributed by atoms with Gasteiger partial charge >= 0.3 is 24.2 Å². The highest BCUT2D eigenvalue weighted by molar-refractivity contribution is 6.24. The van der Waals surface area contributed by atoms with Gasteiger partial charge in [-0.05, 0) is 43.1 Å². The van der Waals surface area contributed by atoms with Gasteiger partial charge in [0.25, 0.3) is 0 Å². The number of halogens is 7. The molecule has 1 amide bonds. The standard InChI is InChI=1S/C21H20ClF6NO3/c22-18-7-11-6-13(9-18)14(19(8-11,10-18)32-17(31)21(26,27)28)15(12-4-2-1-3-5-12)29-16(30)20(23,24)25/h1-5,11,13-15H,6-10H2,(H,29,30)/t11-,13+,14-,15?,18+,19+/m0/s1. The molecule has 0 aromatic heterocycles. The van der Waals surface area contributed by atoms with E-state index in [4.69, 9.17) is 16.3 Å². The van der Waals surface area contributed by atoms with Crippen LogP contribution in [-0.4, -0.2) is 34.7 Å². The molecule has 32 heavy (non-hydrogen) atoms. The molecule has 1 aromatic rings. The molecular weight excluding hydrogens is 464 g/mol. The zero-order valence-corrected chi connectivity index (χ0v) is 17.4. The number of esters is 1. The van der Waals surface area contributed by atoms with Gasteiger partial charge in [0.2, 0.25) is 0 Å².